The highest BCUT2D eigenvalue weighted by atomic mass is 16.5. The molecule has 0 radical (unpaired) electrons. The molecule has 1 amide bonds. The lowest BCUT2D eigenvalue weighted by Crippen LogP contribution is -2.23. The number of likely N-dealkylation sites (tertiary alicyclic amines) is 1. The average molecular weight is 490 g/mol. The number of hydrogen-bond donors (Lipinski definition) is 3. The summed E-state index contributed by atoms with van der Waals surface area (Å²) in [6.45, 7) is 7.13. The Morgan fingerprint density at radius 3 is 2.39 bits per heavy atom. The van der Waals surface area contributed by atoms with Crippen molar-refractivity contribution >= 4 is 11.8 Å². The number of aromatic nitrogens is 1. The van der Waals surface area contributed by atoms with Crippen LogP contribution in [0.5, 0.6) is 11.5 Å². The van der Waals surface area contributed by atoms with Crippen LogP contribution in [0.2, 0.25) is 0 Å². The monoisotopic (exact) mass is 489 g/mol. The number of nitrogens with one attached hydrogen (secondary N) is 1. The maximum absolute atomic E-state index is 12.6. The Morgan fingerprint density at radius 1 is 1.06 bits per heavy atom. The zero-order valence-corrected chi connectivity index (χ0v) is 21.1. The van der Waals surface area contributed by atoms with E-state index in [4.69, 9.17) is 4.52 Å². The highest BCUT2D eigenvalue weighted by Gasteiger charge is 2.32. The summed E-state index contributed by atoms with van der Waals surface area (Å²) >= 11 is 0. The fourth-order valence-corrected chi connectivity index (χ4v) is 4.96. The molecule has 7 heteroatoms. The van der Waals surface area contributed by atoms with E-state index in [2.05, 4.69) is 27.5 Å². The second kappa shape index (κ2) is 10.3. The minimum Gasteiger partial charge on any atom is -0.508 e. The summed E-state index contributed by atoms with van der Waals surface area (Å²) in [4.78, 5) is 15.1. The van der Waals surface area contributed by atoms with Crippen LogP contribution < -0.4 is 5.32 Å². The van der Waals surface area contributed by atoms with Crippen molar-refractivity contribution in [2.45, 2.75) is 64.8 Å². The molecule has 2 aromatic carbocycles. The molecule has 2 aliphatic rings. The molecular weight excluding hydrogens is 454 g/mol. The van der Waals surface area contributed by atoms with E-state index >= 15 is 0 Å². The zero-order chi connectivity index (χ0) is 25.2. The van der Waals surface area contributed by atoms with Gasteiger partial charge in [0, 0.05) is 24.1 Å². The summed E-state index contributed by atoms with van der Waals surface area (Å²) in [6.07, 6.45) is 6.88. The van der Waals surface area contributed by atoms with E-state index in [0.29, 0.717) is 22.4 Å². The third kappa shape index (κ3) is 5.26. The molecule has 0 spiro atoms. The van der Waals surface area contributed by atoms with Crippen molar-refractivity contribution < 1.29 is 19.5 Å². The van der Waals surface area contributed by atoms with Crippen LogP contribution in [0.3, 0.4) is 0 Å². The molecule has 3 aromatic rings. The second-order valence-electron chi connectivity index (χ2n) is 10.5. The number of carbonyl (C=O) groups excluding carboxylic acids is 1. The van der Waals surface area contributed by atoms with Crippen LogP contribution in [0.25, 0.3) is 22.4 Å². The van der Waals surface area contributed by atoms with Crippen LogP contribution in [0, 0.1) is 5.92 Å². The number of carbonyl (C=O) groups is 1. The summed E-state index contributed by atoms with van der Waals surface area (Å²) in [6, 6.07) is 11.4. The van der Waals surface area contributed by atoms with Crippen molar-refractivity contribution in [2.24, 2.45) is 5.92 Å². The van der Waals surface area contributed by atoms with Gasteiger partial charge in [0.2, 0.25) is 11.8 Å². The number of phenolic OH excluding ortho intramolecular Hbond substituents is 2. The van der Waals surface area contributed by atoms with Gasteiger partial charge in [-0.05, 0) is 67.4 Å². The van der Waals surface area contributed by atoms with Crippen LogP contribution >= 0.6 is 0 Å². The van der Waals surface area contributed by atoms with E-state index in [1.165, 1.54) is 37.3 Å². The molecule has 2 heterocycles. The van der Waals surface area contributed by atoms with Crippen molar-refractivity contribution in [3.63, 3.8) is 0 Å². The molecule has 190 valence electrons. The van der Waals surface area contributed by atoms with Crippen molar-refractivity contribution in [3.05, 3.63) is 47.5 Å². The minimum absolute atomic E-state index is 0.0111. The van der Waals surface area contributed by atoms with Crippen LogP contribution in [0.1, 0.15) is 69.4 Å². The number of aromatic hydroxyl groups is 2. The van der Waals surface area contributed by atoms with Crippen molar-refractivity contribution in [3.8, 4) is 33.9 Å². The van der Waals surface area contributed by atoms with E-state index in [9.17, 15) is 15.0 Å². The Bertz CT molecular complexity index is 1220. The summed E-state index contributed by atoms with van der Waals surface area (Å²) < 4.78 is 5.64. The molecule has 1 aromatic heterocycles. The largest absolute Gasteiger partial charge is 0.508 e. The predicted octanol–water partition coefficient (Wildman–Crippen LogP) is 6.27. The van der Waals surface area contributed by atoms with Crippen LogP contribution in [-0.4, -0.2) is 39.3 Å². The van der Waals surface area contributed by atoms with Gasteiger partial charge in [0.15, 0.2) is 0 Å². The lowest BCUT2D eigenvalue weighted by molar-refractivity contribution is -0.117. The summed E-state index contributed by atoms with van der Waals surface area (Å²) in [5.41, 5.74) is 4.29. The summed E-state index contributed by atoms with van der Waals surface area (Å²) in [5, 5.41) is 28.2. The standard InChI is InChI=1S/C29H35N3O4/c1-18(2)22-15-23(25(34)16-24(22)33)27-26(29(36-31-27)30-28(35)21-11-12-21)20-9-7-19(8-10-20)17-32-13-5-3-4-6-14-32/h7-10,15-16,18,21,33-34H,3-6,11-14,17H2,1-2H3,(H,30,35). The van der Waals surface area contributed by atoms with Gasteiger partial charge in [-0.3, -0.25) is 15.0 Å². The van der Waals surface area contributed by atoms with E-state index in [1.807, 2.05) is 26.0 Å². The minimum atomic E-state index is -0.0932. The van der Waals surface area contributed by atoms with Gasteiger partial charge in [-0.25, -0.2) is 0 Å². The molecule has 36 heavy (non-hydrogen) atoms. The van der Waals surface area contributed by atoms with Gasteiger partial charge < -0.3 is 14.7 Å². The average Bonchev–Trinajstić information content (AvgIpc) is 3.66. The lowest BCUT2D eigenvalue weighted by atomic mass is 9.94. The van der Waals surface area contributed by atoms with Gasteiger partial charge in [-0.15, -0.1) is 0 Å². The maximum Gasteiger partial charge on any atom is 0.239 e. The van der Waals surface area contributed by atoms with Crippen molar-refractivity contribution in [2.75, 3.05) is 18.4 Å². The molecule has 5 rings (SSSR count). The quantitative estimate of drug-likeness (QED) is 0.362. The molecule has 0 unspecified atom stereocenters. The first-order valence-corrected chi connectivity index (χ1v) is 13.1. The Hall–Kier alpha value is -3.32. The number of phenols is 2. The Kier molecular flexibility index (Phi) is 7.01. The van der Waals surface area contributed by atoms with Gasteiger partial charge in [0.1, 0.15) is 17.2 Å². The third-order valence-electron chi connectivity index (χ3n) is 7.25. The maximum atomic E-state index is 12.6. The first kappa shape index (κ1) is 24.4. The molecule has 1 aliphatic heterocycles. The van der Waals surface area contributed by atoms with Gasteiger partial charge >= 0.3 is 0 Å². The highest BCUT2D eigenvalue weighted by molar-refractivity contribution is 5.99. The van der Waals surface area contributed by atoms with Gasteiger partial charge in [0.25, 0.3) is 0 Å². The fraction of sp³-hybridized carbons (Fsp3) is 0.448. The number of hydrogen-bond acceptors (Lipinski definition) is 6. The number of benzene rings is 2. The topological polar surface area (TPSA) is 98.8 Å². The predicted molar refractivity (Wildman–Crippen MR) is 140 cm³/mol. The smallest absolute Gasteiger partial charge is 0.239 e. The Balaban J connectivity index is 1.51. The normalized spacial score (nSPS) is 16.8. The van der Waals surface area contributed by atoms with Gasteiger partial charge in [-0.1, -0.05) is 56.1 Å². The van der Waals surface area contributed by atoms with E-state index < -0.39 is 0 Å². The van der Waals surface area contributed by atoms with Crippen LogP contribution in [0.15, 0.2) is 40.9 Å². The number of amides is 1. The molecule has 7 nitrogen and oxygen atoms in total. The molecule has 0 bridgehead atoms. The Morgan fingerprint density at radius 2 is 1.75 bits per heavy atom. The van der Waals surface area contributed by atoms with Gasteiger partial charge in [-0.2, -0.15) is 0 Å². The third-order valence-corrected chi connectivity index (χ3v) is 7.25. The van der Waals surface area contributed by atoms with E-state index in [1.54, 1.807) is 6.07 Å². The second-order valence-corrected chi connectivity index (χ2v) is 10.5. The first-order chi connectivity index (χ1) is 17.4. The zero-order valence-electron chi connectivity index (χ0n) is 21.1. The van der Waals surface area contributed by atoms with Gasteiger partial charge in [0.05, 0.1) is 5.56 Å². The highest BCUT2D eigenvalue weighted by Crippen LogP contribution is 2.44. The van der Waals surface area contributed by atoms with Crippen LogP contribution in [0.4, 0.5) is 5.88 Å². The number of nitrogens with zero attached hydrogens (tertiary/aromatic N) is 2. The molecule has 1 saturated heterocycles. The number of anilines is 1. The molecule has 1 saturated carbocycles. The molecule has 0 atom stereocenters. The summed E-state index contributed by atoms with van der Waals surface area (Å²) in [7, 11) is 0. The summed E-state index contributed by atoms with van der Waals surface area (Å²) in [5.74, 6) is 0.208. The van der Waals surface area contributed by atoms with Crippen molar-refractivity contribution in [1.82, 2.24) is 10.1 Å². The molecule has 3 N–H and O–H groups in total. The SMILES string of the molecule is CC(C)c1cc(-c2noc(NC(=O)C3CC3)c2-c2ccc(CN3CCCCCC3)cc2)c(O)cc1O. The first-order valence-electron chi connectivity index (χ1n) is 13.1. The molecule has 1 aliphatic carbocycles. The number of rotatable bonds is 7. The lowest BCUT2D eigenvalue weighted by Gasteiger charge is -2.19. The van der Waals surface area contributed by atoms with Crippen molar-refractivity contribution in [1.29, 1.82) is 0 Å². The van der Waals surface area contributed by atoms with Crippen LogP contribution in [-0.2, 0) is 11.3 Å². The molecule has 2 fully saturated rings. The molecular formula is C29H35N3O4. The van der Waals surface area contributed by atoms with E-state index in [-0.39, 0.29) is 35.1 Å². The Labute approximate surface area is 212 Å². The fourth-order valence-electron chi connectivity index (χ4n) is 4.96. The van der Waals surface area contributed by atoms with E-state index in [0.717, 1.165) is 38.0 Å².